The zero-order chi connectivity index (χ0) is 21.5. The van der Waals surface area contributed by atoms with Gasteiger partial charge in [-0.3, -0.25) is 4.79 Å². The Balaban J connectivity index is 1.47. The van der Waals surface area contributed by atoms with Crippen LogP contribution in [-0.4, -0.2) is 74.0 Å². The van der Waals surface area contributed by atoms with Gasteiger partial charge in [-0.1, -0.05) is 11.6 Å². The van der Waals surface area contributed by atoms with E-state index in [-0.39, 0.29) is 36.6 Å². The molecule has 1 aromatic heterocycles. The smallest absolute Gasteiger partial charge is 0.264 e. The Bertz CT molecular complexity index is 1030. The number of fused-ring (bicyclic) bond motifs is 1. The van der Waals surface area contributed by atoms with Gasteiger partial charge in [-0.25, -0.2) is 8.42 Å². The van der Waals surface area contributed by atoms with Crippen LogP contribution in [0.5, 0.6) is 5.75 Å². The molecule has 164 valence electrons. The predicted molar refractivity (Wildman–Crippen MR) is 122 cm³/mol. The summed E-state index contributed by atoms with van der Waals surface area (Å²) in [7, 11) is -3.02. The molecular weight excluding hydrogens is 444 g/mol. The molecule has 2 saturated heterocycles. The van der Waals surface area contributed by atoms with Crippen molar-refractivity contribution >= 4 is 48.8 Å². The number of ether oxygens (including phenoxy) is 1. The lowest BCUT2D eigenvalue weighted by Gasteiger charge is -2.34. The molecule has 2 fully saturated rings. The van der Waals surface area contributed by atoms with E-state index in [9.17, 15) is 13.2 Å². The van der Waals surface area contributed by atoms with Gasteiger partial charge in [-0.05, 0) is 50.3 Å². The second-order valence-corrected chi connectivity index (χ2v) is 12.1. The highest BCUT2D eigenvalue weighted by atomic mass is 35.5. The number of piperidine rings is 1. The van der Waals surface area contributed by atoms with Crippen LogP contribution >= 0.6 is 22.9 Å². The van der Waals surface area contributed by atoms with E-state index in [1.165, 1.54) is 11.3 Å². The summed E-state index contributed by atoms with van der Waals surface area (Å²) in [6.45, 7) is 6.96. The summed E-state index contributed by atoms with van der Waals surface area (Å²) in [6.07, 6.45) is 2.08. The summed E-state index contributed by atoms with van der Waals surface area (Å²) in [5.74, 6) is 0.602. The van der Waals surface area contributed by atoms with E-state index in [1.807, 2.05) is 18.2 Å². The quantitative estimate of drug-likeness (QED) is 0.681. The Labute approximate surface area is 186 Å². The summed E-state index contributed by atoms with van der Waals surface area (Å²) in [6, 6.07) is 6.18. The Morgan fingerprint density at radius 2 is 1.80 bits per heavy atom. The molecule has 30 heavy (non-hydrogen) atoms. The standard InChI is InChI=1S/C21H27ClN2O4S2/c1-14(2)23-5-3-16(4-6-23)28-18-11-15-12-20(29-19(15)13-17(18)22)21(25)24-7-9-30(26,27)10-8-24/h11-14,16H,3-10H2,1-2H3. The van der Waals surface area contributed by atoms with Crippen LogP contribution in [0.1, 0.15) is 36.4 Å². The van der Waals surface area contributed by atoms with Crippen molar-refractivity contribution in [3.63, 3.8) is 0 Å². The van der Waals surface area contributed by atoms with E-state index in [1.54, 1.807) is 4.90 Å². The average Bonchev–Trinajstić information content (AvgIpc) is 3.11. The average molecular weight is 471 g/mol. The van der Waals surface area contributed by atoms with Gasteiger partial charge in [0.2, 0.25) is 0 Å². The van der Waals surface area contributed by atoms with E-state index in [4.69, 9.17) is 16.3 Å². The van der Waals surface area contributed by atoms with Gasteiger partial charge in [0.1, 0.15) is 11.9 Å². The van der Waals surface area contributed by atoms with Crippen molar-refractivity contribution in [2.45, 2.75) is 38.8 Å². The molecule has 0 unspecified atom stereocenters. The summed E-state index contributed by atoms with van der Waals surface area (Å²) >= 11 is 7.86. The van der Waals surface area contributed by atoms with Gasteiger partial charge in [0.25, 0.3) is 5.91 Å². The number of carbonyl (C=O) groups is 1. The minimum atomic E-state index is -3.02. The number of rotatable bonds is 4. The van der Waals surface area contributed by atoms with Crippen molar-refractivity contribution in [3.8, 4) is 5.75 Å². The molecule has 0 saturated carbocycles. The fourth-order valence-electron chi connectivity index (χ4n) is 4.00. The third-order valence-corrected chi connectivity index (χ3v) is 8.90. The van der Waals surface area contributed by atoms with Crippen molar-refractivity contribution < 1.29 is 17.9 Å². The normalized spacial score (nSPS) is 20.7. The number of amides is 1. The lowest BCUT2D eigenvalue weighted by atomic mass is 10.1. The van der Waals surface area contributed by atoms with Crippen molar-refractivity contribution in [2.75, 3.05) is 37.7 Å². The van der Waals surface area contributed by atoms with Gasteiger partial charge in [-0.2, -0.15) is 0 Å². The second kappa shape index (κ2) is 8.65. The molecule has 1 amide bonds. The highest BCUT2D eigenvalue weighted by molar-refractivity contribution is 7.91. The summed E-state index contributed by atoms with van der Waals surface area (Å²) < 4.78 is 30.4. The molecule has 0 atom stereocenters. The van der Waals surface area contributed by atoms with E-state index in [0.717, 1.165) is 36.0 Å². The summed E-state index contributed by atoms with van der Waals surface area (Å²) in [5, 5.41) is 1.48. The van der Waals surface area contributed by atoms with Gasteiger partial charge in [-0.15, -0.1) is 11.3 Å². The number of hydrogen-bond donors (Lipinski definition) is 0. The van der Waals surface area contributed by atoms with E-state index in [0.29, 0.717) is 21.7 Å². The molecule has 1 aromatic carbocycles. The number of thiophene rings is 1. The van der Waals surface area contributed by atoms with Gasteiger partial charge < -0.3 is 14.5 Å². The molecule has 9 heteroatoms. The van der Waals surface area contributed by atoms with Crippen molar-refractivity contribution in [2.24, 2.45) is 0 Å². The maximum atomic E-state index is 12.8. The van der Waals surface area contributed by atoms with E-state index >= 15 is 0 Å². The van der Waals surface area contributed by atoms with Crippen LogP contribution < -0.4 is 4.74 Å². The Morgan fingerprint density at radius 1 is 1.13 bits per heavy atom. The Morgan fingerprint density at radius 3 is 2.43 bits per heavy atom. The highest BCUT2D eigenvalue weighted by Crippen LogP contribution is 2.36. The van der Waals surface area contributed by atoms with Crippen LogP contribution in [0.15, 0.2) is 18.2 Å². The fraction of sp³-hybridized carbons (Fsp3) is 0.571. The van der Waals surface area contributed by atoms with Crippen molar-refractivity contribution in [1.29, 1.82) is 0 Å². The molecule has 4 rings (SSSR count). The molecule has 3 heterocycles. The molecular formula is C21H27ClN2O4S2. The zero-order valence-corrected chi connectivity index (χ0v) is 19.7. The number of nitrogens with zero attached hydrogens (tertiary/aromatic N) is 2. The number of likely N-dealkylation sites (tertiary alicyclic amines) is 1. The lowest BCUT2D eigenvalue weighted by Crippen LogP contribution is -2.43. The zero-order valence-electron chi connectivity index (χ0n) is 17.3. The van der Waals surface area contributed by atoms with Crippen LogP contribution in [0.3, 0.4) is 0 Å². The molecule has 0 N–H and O–H groups in total. The minimum Gasteiger partial charge on any atom is -0.489 e. The monoisotopic (exact) mass is 470 g/mol. The molecule has 6 nitrogen and oxygen atoms in total. The molecule has 2 aliphatic heterocycles. The largest absolute Gasteiger partial charge is 0.489 e. The maximum Gasteiger partial charge on any atom is 0.264 e. The molecule has 0 bridgehead atoms. The molecule has 0 spiro atoms. The van der Waals surface area contributed by atoms with Crippen LogP contribution in [0.4, 0.5) is 0 Å². The summed E-state index contributed by atoms with van der Waals surface area (Å²) in [5.41, 5.74) is 0. The van der Waals surface area contributed by atoms with E-state index in [2.05, 4.69) is 18.7 Å². The Hall–Kier alpha value is -1.35. The van der Waals surface area contributed by atoms with Crippen LogP contribution in [0.2, 0.25) is 5.02 Å². The summed E-state index contributed by atoms with van der Waals surface area (Å²) in [4.78, 5) is 17.5. The highest BCUT2D eigenvalue weighted by Gasteiger charge is 2.27. The maximum absolute atomic E-state index is 12.8. The van der Waals surface area contributed by atoms with Gasteiger partial charge in [0.05, 0.1) is 21.4 Å². The van der Waals surface area contributed by atoms with Crippen molar-refractivity contribution in [1.82, 2.24) is 9.80 Å². The van der Waals surface area contributed by atoms with Crippen LogP contribution in [0.25, 0.3) is 10.1 Å². The Kier molecular flexibility index (Phi) is 6.30. The van der Waals surface area contributed by atoms with Crippen LogP contribution in [-0.2, 0) is 9.84 Å². The number of benzene rings is 1. The molecule has 2 aromatic rings. The first kappa shape index (κ1) is 21.9. The van der Waals surface area contributed by atoms with Gasteiger partial charge in [0.15, 0.2) is 9.84 Å². The SMILES string of the molecule is CC(C)N1CCC(Oc2cc3cc(C(=O)N4CCS(=O)(=O)CC4)sc3cc2Cl)CC1. The third kappa shape index (κ3) is 4.77. The van der Waals surface area contributed by atoms with Crippen LogP contribution in [0, 0.1) is 0 Å². The minimum absolute atomic E-state index is 0.0308. The first-order valence-corrected chi connectivity index (χ1v) is 13.4. The fourth-order valence-corrected chi connectivity index (χ4v) is 6.52. The first-order chi connectivity index (χ1) is 14.2. The molecule has 0 radical (unpaired) electrons. The number of hydrogen-bond acceptors (Lipinski definition) is 6. The van der Waals surface area contributed by atoms with Gasteiger partial charge in [0, 0.05) is 36.9 Å². The van der Waals surface area contributed by atoms with Crippen molar-refractivity contribution in [3.05, 3.63) is 28.1 Å². The topological polar surface area (TPSA) is 66.9 Å². The molecule has 2 aliphatic rings. The predicted octanol–water partition coefficient (Wildman–Crippen LogP) is 3.68. The third-order valence-electron chi connectivity index (χ3n) is 5.91. The second-order valence-electron chi connectivity index (χ2n) is 8.32. The number of halogens is 1. The van der Waals surface area contributed by atoms with Gasteiger partial charge >= 0.3 is 0 Å². The molecule has 0 aliphatic carbocycles. The first-order valence-electron chi connectivity index (χ1n) is 10.4. The lowest BCUT2D eigenvalue weighted by molar-refractivity contribution is 0.0775. The number of sulfone groups is 1. The van der Waals surface area contributed by atoms with E-state index < -0.39 is 9.84 Å². The number of carbonyl (C=O) groups excluding carboxylic acids is 1.